The standard InChI is InChI=1S/C17H21NO4/c1-3-4-5-6-9-22-15-8-7-13(11-16(15)21-2)10-14(12-18)17(19)20/h7-8,10-11H,3-6,9H2,1-2H3,(H,19,20)/b14-10+. The number of hydrogen-bond donors (Lipinski definition) is 1. The molecular weight excluding hydrogens is 282 g/mol. The number of nitriles is 1. The van der Waals surface area contributed by atoms with Crippen LogP contribution in [-0.2, 0) is 4.79 Å². The SMILES string of the molecule is CCCCCCOc1ccc(/C=C(\C#N)C(=O)O)cc1OC. The van der Waals surface area contributed by atoms with Gasteiger partial charge in [0.15, 0.2) is 11.5 Å². The number of nitrogens with zero attached hydrogens (tertiary/aromatic N) is 1. The van der Waals surface area contributed by atoms with Crippen molar-refractivity contribution in [2.75, 3.05) is 13.7 Å². The number of carboxylic acid groups (broad SMARTS) is 1. The largest absolute Gasteiger partial charge is 0.493 e. The molecule has 0 fully saturated rings. The Morgan fingerprint density at radius 2 is 2.09 bits per heavy atom. The molecule has 0 saturated heterocycles. The quantitative estimate of drug-likeness (QED) is 0.428. The van der Waals surface area contributed by atoms with Crippen molar-refractivity contribution >= 4 is 12.0 Å². The molecule has 0 aliphatic heterocycles. The summed E-state index contributed by atoms with van der Waals surface area (Å²) >= 11 is 0. The molecule has 118 valence electrons. The van der Waals surface area contributed by atoms with Gasteiger partial charge in [0.2, 0.25) is 0 Å². The van der Waals surface area contributed by atoms with Crippen molar-refractivity contribution in [1.29, 1.82) is 5.26 Å². The highest BCUT2D eigenvalue weighted by Crippen LogP contribution is 2.29. The normalized spacial score (nSPS) is 10.9. The number of benzene rings is 1. The second-order valence-electron chi connectivity index (χ2n) is 4.79. The lowest BCUT2D eigenvalue weighted by atomic mass is 10.1. The van der Waals surface area contributed by atoms with Gasteiger partial charge in [-0.1, -0.05) is 32.3 Å². The molecule has 0 unspecified atom stereocenters. The van der Waals surface area contributed by atoms with Crippen molar-refractivity contribution < 1.29 is 19.4 Å². The first kappa shape index (κ1) is 17.6. The van der Waals surface area contributed by atoms with Crippen LogP contribution in [0.5, 0.6) is 11.5 Å². The maximum Gasteiger partial charge on any atom is 0.346 e. The topological polar surface area (TPSA) is 79.5 Å². The molecule has 0 aliphatic rings. The third kappa shape index (κ3) is 5.49. The Hall–Kier alpha value is -2.48. The highest BCUT2D eigenvalue weighted by atomic mass is 16.5. The number of ether oxygens (including phenoxy) is 2. The van der Waals surface area contributed by atoms with Gasteiger partial charge in [0, 0.05) is 0 Å². The van der Waals surface area contributed by atoms with Crippen LogP contribution in [0.1, 0.15) is 38.2 Å². The minimum absolute atomic E-state index is 0.324. The van der Waals surface area contributed by atoms with Crippen molar-refractivity contribution in [2.24, 2.45) is 0 Å². The van der Waals surface area contributed by atoms with Crippen LogP contribution in [0, 0.1) is 11.3 Å². The first-order chi connectivity index (χ1) is 10.6. The van der Waals surface area contributed by atoms with Crippen LogP contribution in [0.25, 0.3) is 6.08 Å². The highest BCUT2D eigenvalue weighted by molar-refractivity contribution is 5.96. The van der Waals surface area contributed by atoms with Crippen molar-refractivity contribution in [3.63, 3.8) is 0 Å². The molecule has 0 aromatic heterocycles. The van der Waals surface area contributed by atoms with Gasteiger partial charge in [-0.15, -0.1) is 0 Å². The van der Waals surface area contributed by atoms with Crippen LogP contribution >= 0.6 is 0 Å². The van der Waals surface area contributed by atoms with Gasteiger partial charge in [-0.2, -0.15) is 5.26 Å². The summed E-state index contributed by atoms with van der Waals surface area (Å²) in [6, 6.07) is 6.72. The first-order valence-corrected chi connectivity index (χ1v) is 7.28. The van der Waals surface area contributed by atoms with Crippen LogP contribution in [0.3, 0.4) is 0 Å². The summed E-state index contributed by atoms with van der Waals surface area (Å²) in [4.78, 5) is 10.8. The maximum absolute atomic E-state index is 10.8. The van der Waals surface area contributed by atoms with Gasteiger partial charge in [0.1, 0.15) is 11.6 Å². The fourth-order valence-corrected chi connectivity index (χ4v) is 1.91. The van der Waals surface area contributed by atoms with E-state index in [4.69, 9.17) is 19.8 Å². The molecule has 0 bridgehead atoms. The molecule has 0 aliphatic carbocycles. The van der Waals surface area contributed by atoms with Gasteiger partial charge in [-0.25, -0.2) is 4.79 Å². The lowest BCUT2D eigenvalue weighted by Crippen LogP contribution is -2.00. The van der Waals surface area contributed by atoms with E-state index in [1.807, 2.05) is 0 Å². The molecule has 22 heavy (non-hydrogen) atoms. The summed E-state index contributed by atoms with van der Waals surface area (Å²) in [7, 11) is 1.52. The van der Waals surface area contributed by atoms with Gasteiger partial charge in [0.25, 0.3) is 0 Å². The van der Waals surface area contributed by atoms with Crippen LogP contribution in [-0.4, -0.2) is 24.8 Å². The lowest BCUT2D eigenvalue weighted by molar-refractivity contribution is -0.132. The van der Waals surface area contributed by atoms with E-state index in [9.17, 15) is 4.79 Å². The molecule has 1 aromatic carbocycles. The summed E-state index contributed by atoms with van der Waals surface area (Å²) in [5, 5.41) is 17.6. The van der Waals surface area contributed by atoms with Gasteiger partial charge in [-0.3, -0.25) is 0 Å². The minimum Gasteiger partial charge on any atom is -0.493 e. The fraction of sp³-hybridized carbons (Fsp3) is 0.412. The third-order valence-electron chi connectivity index (χ3n) is 3.11. The van der Waals surface area contributed by atoms with Crippen LogP contribution < -0.4 is 9.47 Å². The van der Waals surface area contributed by atoms with E-state index in [0.29, 0.717) is 23.7 Å². The summed E-state index contributed by atoms with van der Waals surface area (Å²) < 4.78 is 10.9. The van der Waals surface area contributed by atoms with Crippen LogP contribution in [0.2, 0.25) is 0 Å². The Bertz CT molecular complexity index is 573. The predicted octanol–water partition coefficient (Wildman–Crippen LogP) is 3.65. The number of carbonyl (C=O) groups is 1. The number of carboxylic acids is 1. The van der Waals surface area contributed by atoms with Crippen molar-refractivity contribution in [2.45, 2.75) is 32.6 Å². The summed E-state index contributed by atoms with van der Waals surface area (Å²) in [6.07, 6.45) is 5.78. The molecule has 1 rings (SSSR count). The number of unbranched alkanes of at least 4 members (excludes halogenated alkanes) is 3. The maximum atomic E-state index is 10.8. The average molecular weight is 303 g/mol. The number of hydrogen-bond acceptors (Lipinski definition) is 4. The average Bonchev–Trinajstić information content (AvgIpc) is 2.52. The molecule has 1 N–H and O–H groups in total. The minimum atomic E-state index is -1.25. The van der Waals surface area contributed by atoms with Gasteiger partial charge >= 0.3 is 5.97 Å². The second-order valence-corrected chi connectivity index (χ2v) is 4.79. The highest BCUT2D eigenvalue weighted by Gasteiger charge is 2.09. The Morgan fingerprint density at radius 1 is 1.32 bits per heavy atom. The smallest absolute Gasteiger partial charge is 0.346 e. The molecule has 0 spiro atoms. The molecule has 0 heterocycles. The Kier molecular flexibility index (Phi) is 7.55. The van der Waals surface area contributed by atoms with Gasteiger partial charge in [0.05, 0.1) is 13.7 Å². The fourth-order valence-electron chi connectivity index (χ4n) is 1.91. The predicted molar refractivity (Wildman–Crippen MR) is 83.9 cm³/mol. The molecule has 5 heteroatoms. The van der Waals surface area contributed by atoms with Gasteiger partial charge in [-0.05, 0) is 30.2 Å². The summed E-state index contributed by atoms with van der Waals surface area (Å²) in [5.41, 5.74) is 0.254. The molecule has 0 saturated carbocycles. The van der Waals surface area contributed by atoms with E-state index < -0.39 is 5.97 Å². The number of rotatable bonds is 9. The number of aliphatic carboxylic acids is 1. The van der Waals surface area contributed by atoms with Gasteiger partial charge < -0.3 is 14.6 Å². The van der Waals surface area contributed by atoms with Crippen molar-refractivity contribution in [3.05, 3.63) is 29.3 Å². The Labute approximate surface area is 130 Å². The van der Waals surface area contributed by atoms with Crippen LogP contribution in [0.15, 0.2) is 23.8 Å². The molecule has 0 radical (unpaired) electrons. The van der Waals surface area contributed by atoms with E-state index in [0.717, 1.165) is 12.8 Å². The zero-order valence-electron chi connectivity index (χ0n) is 13.0. The van der Waals surface area contributed by atoms with E-state index in [1.165, 1.54) is 26.0 Å². The molecule has 0 amide bonds. The third-order valence-corrected chi connectivity index (χ3v) is 3.11. The zero-order chi connectivity index (χ0) is 16.4. The van der Waals surface area contributed by atoms with Crippen LogP contribution in [0.4, 0.5) is 0 Å². The van der Waals surface area contributed by atoms with Crippen molar-refractivity contribution in [1.82, 2.24) is 0 Å². The molecular formula is C17H21NO4. The molecule has 1 aromatic rings. The zero-order valence-corrected chi connectivity index (χ0v) is 13.0. The lowest BCUT2D eigenvalue weighted by Gasteiger charge is -2.11. The monoisotopic (exact) mass is 303 g/mol. The number of methoxy groups -OCH3 is 1. The second kappa shape index (κ2) is 9.46. The first-order valence-electron chi connectivity index (χ1n) is 7.28. The van der Waals surface area contributed by atoms with Crippen molar-refractivity contribution in [3.8, 4) is 17.6 Å². The van der Waals surface area contributed by atoms with E-state index >= 15 is 0 Å². The van der Waals surface area contributed by atoms with E-state index in [1.54, 1.807) is 24.3 Å². The van der Waals surface area contributed by atoms with E-state index in [2.05, 4.69) is 6.92 Å². The Morgan fingerprint density at radius 3 is 2.68 bits per heavy atom. The van der Waals surface area contributed by atoms with E-state index in [-0.39, 0.29) is 5.57 Å². The summed E-state index contributed by atoms with van der Waals surface area (Å²) in [5.74, 6) is -0.116. The molecule has 5 nitrogen and oxygen atoms in total. The summed E-state index contributed by atoms with van der Waals surface area (Å²) in [6.45, 7) is 2.77. The molecule has 0 atom stereocenters. The Balaban J connectivity index is 2.79.